The molecule has 0 saturated heterocycles. The van der Waals surface area contributed by atoms with Crippen LogP contribution in [-0.4, -0.2) is 56.5 Å². The van der Waals surface area contributed by atoms with Crippen molar-refractivity contribution in [3.05, 3.63) is 76.9 Å². The number of hydrogen-bond donors (Lipinski definition) is 0. The van der Waals surface area contributed by atoms with Gasteiger partial charge in [0.15, 0.2) is 8.07 Å². The number of rotatable bonds is 10. The fraction of sp³-hybridized carbons (Fsp3) is 0.489. The van der Waals surface area contributed by atoms with Gasteiger partial charge in [0.25, 0.3) is 0 Å². The molecule has 0 N–H and O–H groups in total. The fourth-order valence-corrected chi connectivity index (χ4v) is 27.7. The van der Waals surface area contributed by atoms with Crippen LogP contribution in [0.3, 0.4) is 0 Å². The molecule has 0 aromatic heterocycles. The predicted molar refractivity (Wildman–Crippen MR) is 262 cm³/mol. The Kier molecular flexibility index (Phi) is 18.7. The molecule has 0 heterocycles. The van der Waals surface area contributed by atoms with Crippen LogP contribution in [0.2, 0.25) is 118 Å². The minimum absolute atomic E-state index is 0. The molecule has 0 aliphatic rings. The SMILES string of the molecule is Cc1c(C)c([Si](c2cc([Si](C)(C)C)ccc2[Si](C)(C)C)(c2cc([Si](C)(C)C)ccc2[Si](C)(C)C)c2cc([Si](C)(C)C)ccc2[Si](C)(C)C)[c-](C)c1C.[Cl-].[Cl-].[Cl-].[Ti+4]. The Morgan fingerprint density at radius 3 is 0.786 bits per heavy atom. The second-order valence-corrected chi connectivity index (χ2v) is 56.4. The smallest absolute Gasteiger partial charge is 1.00 e. The summed E-state index contributed by atoms with van der Waals surface area (Å²) in [5, 5.41) is 16.8. The molecule has 0 saturated carbocycles. The Morgan fingerprint density at radius 2 is 0.607 bits per heavy atom. The molecule has 0 amide bonds. The normalized spacial score (nSPS) is 13.0. The quantitative estimate of drug-likeness (QED) is 0.101. The van der Waals surface area contributed by atoms with Crippen molar-refractivity contribution in [1.82, 2.24) is 0 Å². The van der Waals surface area contributed by atoms with Gasteiger partial charge in [-0.3, -0.25) is 0 Å². The first-order valence-corrected chi connectivity index (χ1v) is 43.0. The van der Waals surface area contributed by atoms with Gasteiger partial charge < -0.3 is 37.2 Å². The van der Waals surface area contributed by atoms with Crippen molar-refractivity contribution < 1.29 is 58.9 Å². The maximum absolute atomic E-state index is 3.02. The summed E-state index contributed by atoms with van der Waals surface area (Å²) in [6.45, 7) is 56.5. The first kappa shape index (κ1) is 56.1. The summed E-state index contributed by atoms with van der Waals surface area (Å²) in [6.07, 6.45) is 0. The molecule has 4 aromatic carbocycles. The Morgan fingerprint density at radius 1 is 0.357 bits per heavy atom. The van der Waals surface area contributed by atoms with Crippen LogP contribution < -0.4 is 89.1 Å². The molecule has 0 atom stereocenters. The third-order valence-electron chi connectivity index (χ3n) is 12.1. The molecule has 0 bridgehead atoms. The summed E-state index contributed by atoms with van der Waals surface area (Å²) in [4.78, 5) is 0. The fourth-order valence-electron chi connectivity index (χ4n) is 8.55. The molecule has 4 aromatic rings. The van der Waals surface area contributed by atoms with Gasteiger partial charge in [-0.05, 0) is 15.6 Å². The van der Waals surface area contributed by atoms with Crippen molar-refractivity contribution in [3.63, 3.8) is 0 Å². The van der Waals surface area contributed by atoms with E-state index in [9.17, 15) is 0 Å². The minimum Gasteiger partial charge on any atom is -1.00 e. The number of hydrogen-bond acceptors (Lipinski definition) is 0. The van der Waals surface area contributed by atoms with Crippen LogP contribution in [-0.2, 0) is 21.7 Å². The molecule has 308 valence electrons. The maximum Gasteiger partial charge on any atom is 4.00 e. The van der Waals surface area contributed by atoms with Gasteiger partial charge in [-0.1, -0.05) is 231 Å². The number of benzene rings is 3. The zero-order chi connectivity index (χ0) is 39.9. The summed E-state index contributed by atoms with van der Waals surface area (Å²) in [6, 6.07) is 24.3. The molecule has 0 nitrogen and oxygen atoms in total. The molecule has 4 rings (SSSR count). The van der Waals surface area contributed by atoms with Crippen LogP contribution in [0.15, 0.2) is 54.6 Å². The molecule has 0 aliphatic carbocycles. The Hall–Kier alpha value is 0.112. The zero-order valence-corrected chi connectivity index (χ0v) is 50.2. The van der Waals surface area contributed by atoms with Gasteiger partial charge in [0, 0.05) is 0 Å². The summed E-state index contributed by atoms with van der Waals surface area (Å²) >= 11 is 0. The van der Waals surface area contributed by atoms with Crippen molar-refractivity contribution >= 4 is 108 Å². The van der Waals surface area contributed by atoms with Crippen molar-refractivity contribution in [1.29, 1.82) is 0 Å². The van der Waals surface area contributed by atoms with Gasteiger partial charge >= 0.3 is 21.7 Å². The molecule has 56 heavy (non-hydrogen) atoms. The topological polar surface area (TPSA) is 0 Å². The van der Waals surface area contributed by atoms with Crippen LogP contribution in [0.25, 0.3) is 0 Å². The molecule has 11 heteroatoms. The first-order chi connectivity index (χ1) is 23.3. The molecule has 0 aliphatic heterocycles. The van der Waals surface area contributed by atoms with Crippen molar-refractivity contribution in [2.45, 2.75) is 146 Å². The zero-order valence-electron chi connectivity index (χ0n) is 39.3. The first-order valence-electron chi connectivity index (χ1n) is 20.0. The van der Waals surface area contributed by atoms with Gasteiger partial charge in [-0.2, -0.15) is 27.4 Å². The molecule has 0 unspecified atom stereocenters. The van der Waals surface area contributed by atoms with Crippen LogP contribution in [0.4, 0.5) is 0 Å². The van der Waals surface area contributed by atoms with Crippen LogP contribution in [0.1, 0.15) is 22.3 Å². The van der Waals surface area contributed by atoms with E-state index in [1.54, 1.807) is 63.0 Å². The Balaban J connectivity index is 0.00000756. The van der Waals surface area contributed by atoms with Crippen LogP contribution in [0, 0.1) is 27.7 Å². The van der Waals surface area contributed by atoms with E-state index in [0.29, 0.717) is 0 Å². The molecular weight excluding hydrogens is 891 g/mol. The van der Waals surface area contributed by atoms with E-state index >= 15 is 0 Å². The van der Waals surface area contributed by atoms with E-state index in [1.165, 1.54) is 11.1 Å². The maximum atomic E-state index is 2.85. The third kappa shape index (κ3) is 10.8. The van der Waals surface area contributed by atoms with E-state index < -0.39 is 56.5 Å². The van der Waals surface area contributed by atoms with Gasteiger partial charge in [-0.15, -0.1) is 0 Å². The molecular formula is C45H75Cl3Si7Ti. The van der Waals surface area contributed by atoms with Gasteiger partial charge in [0.2, 0.25) is 0 Å². The van der Waals surface area contributed by atoms with Gasteiger partial charge in [0.05, 0.1) is 48.4 Å². The van der Waals surface area contributed by atoms with Gasteiger partial charge in [-0.25, -0.2) is 0 Å². The monoisotopic (exact) mass is 964 g/mol. The predicted octanol–water partition coefficient (Wildman–Crippen LogP) is -1.70. The molecule has 0 fully saturated rings. The molecule has 0 radical (unpaired) electrons. The number of halogens is 3. The second-order valence-electron chi connectivity index (χ2n) is 22.4. The second kappa shape index (κ2) is 18.6. The summed E-state index contributed by atoms with van der Waals surface area (Å²) in [7, 11) is -13.6. The van der Waals surface area contributed by atoms with Crippen LogP contribution >= 0.6 is 0 Å². The summed E-state index contributed by atoms with van der Waals surface area (Å²) < 4.78 is 0. The van der Waals surface area contributed by atoms with Crippen molar-refractivity contribution in [3.8, 4) is 0 Å². The van der Waals surface area contributed by atoms with Crippen LogP contribution in [0.5, 0.6) is 0 Å². The minimum atomic E-state index is -3.02. The van der Waals surface area contributed by atoms with E-state index in [4.69, 9.17) is 0 Å². The standard InChI is InChI=1S/C45H75Si7.3ClH.Ti/c1-32-33(2)35(4)45(34(32)3)52(42-29-36(46(5,6)7)23-26-39(42)49(14,15)16,43-30-37(47(8,9)10)24-27-40(43)50(17,18)19)44-31-38(48(11,12)13)25-28-41(44)51(20,21)22;;;;/h23-31H,1-22H3;3*1H;/q-1;;;;+4/p-3. The molecule has 0 spiro atoms. The Bertz CT molecular complexity index is 1790. The van der Waals surface area contributed by atoms with E-state index in [2.05, 4.69) is 200 Å². The van der Waals surface area contributed by atoms with E-state index in [0.717, 1.165) is 0 Å². The van der Waals surface area contributed by atoms with E-state index in [1.807, 2.05) is 0 Å². The Labute approximate surface area is 386 Å². The summed E-state index contributed by atoms with van der Waals surface area (Å²) in [5.74, 6) is 0. The van der Waals surface area contributed by atoms with Gasteiger partial charge in [0.1, 0.15) is 0 Å². The van der Waals surface area contributed by atoms with Crippen molar-refractivity contribution in [2.24, 2.45) is 0 Å². The average Bonchev–Trinajstić information content (AvgIpc) is 3.17. The van der Waals surface area contributed by atoms with Crippen molar-refractivity contribution in [2.75, 3.05) is 0 Å². The van der Waals surface area contributed by atoms with E-state index in [-0.39, 0.29) is 58.9 Å². The largest absolute Gasteiger partial charge is 4.00 e. The average molecular weight is 967 g/mol. The summed E-state index contributed by atoms with van der Waals surface area (Å²) in [5.41, 5.74) is 6.13. The third-order valence-corrected chi connectivity index (χ3v) is 30.3.